The number of ether oxygens (including phenoxy) is 1. The van der Waals surface area contributed by atoms with Crippen LogP contribution in [0.2, 0.25) is 0 Å². The van der Waals surface area contributed by atoms with E-state index in [1.807, 2.05) is 20.8 Å². The largest absolute Gasteiger partial charge is 0.480 e. The van der Waals surface area contributed by atoms with Gasteiger partial charge in [0.15, 0.2) is 0 Å². The van der Waals surface area contributed by atoms with E-state index < -0.39 is 12.0 Å². The van der Waals surface area contributed by atoms with Crippen LogP contribution >= 0.6 is 0 Å². The van der Waals surface area contributed by atoms with E-state index in [0.717, 1.165) is 12.8 Å². The minimum atomic E-state index is -0.981. The van der Waals surface area contributed by atoms with Crippen molar-refractivity contribution in [2.24, 2.45) is 5.92 Å². The van der Waals surface area contributed by atoms with Crippen LogP contribution in [0.1, 0.15) is 40.0 Å². The van der Waals surface area contributed by atoms with E-state index in [0.29, 0.717) is 26.1 Å². The standard InChI is InChI=1S/C14H26N2O4/c1-4-20-11-6-5-7-16(9-11)14(19)15-12(13(17)18)8-10(2)3/h10-12H,4-9H2,1-3H3,(H,15,19)(H,17,18)/t11?,12-/m1/s1. The Morgan fingerprint density at radius 3 is 2.70 bits per heavy atom. The highest BCUT2D eigenvalue weighted by Crippen LogP contribution is 2.14. The van der Waals surface area contributed by atoms with Crippen molar-refractivity contribution in [2.45, 2.75) is 52.2 Å². The number of carboxylic acid groups (broad SMARTS) is 1. The van der Waals surface area contributed by atoms with Crippen LogP contribution in [0.15, 0.2) is 0 Å². The fourth-order valence-corrected chi connectivity index (χ4v) is 2.43. The van der Waals surface area contributed by atoms with Crippen molar-refractivity contribution in [3.05, 3.63) is 0 Å². The van der Waals surface area contributed by atoms with Gasteiger partial charge in [-0.2, -0.15) is 0 Å². The maximum Gasteiger partial charge on any atom is 0.326 e. The summed E-state index contributed by atoms with van der Waals surface area (Å²) in [5.74, 6) is -0.764. The Hall–Kier alpha value is -1.30. The van der Waals surface area contributed by atoms with Gasteiger partial charge in [-0.05, 0) is 32.1 Å². The minimum Gasteiger partial charge on any atom is -0.480 e. The number of nitrogens with zero attached hydrogens (tertiary/aromatic N) is 1. The van der Waals surface area contributed by atoms with Crippen LogP contribution in [0.3, 0.4) is 0 Å². The topological polar surface area (TPSA) is 78.9 Å². The number of carbonyl (C=O) groups excluding carboxylic acids is 1. The van der Waals surface area contributed by atoms with Gasteiger partial charge in [-0.15, -0.1) is 0 Å². The van der Waals surface area contributed by atoms with Crippen LogP contribution in [0.5, 0.6) is 0 Å². The average molecular weight is 286 g/mol. The van der Waals surface area contributed by atoms with E-state index in [1.54, 1.807) is 4.90 Å². The van der Waals surface area contributed by atoms with Gasteiger partial charge in [0.2, 0.25) is 0 Å². The molecular formula is C14H26N2O4. The van der Waals surface area contributed by atoms with Gasteiger partial charge in [0, 0.05) is 19.7 Å². The number of amides is 2. The lowest BCUT2D eigenvalue weighted by Crippen LogP contribution is -2.52. The normalized spacial score (nSPS) is 20.8. The number of aliphatic carboxylic acids is 1. The van der Waals surface area contributed by atoms with E-state index in [2.05, 4.69) is 5.32 Å². The molecule has 116 valence electrons. The molecular weight excluding hydrogens is 260 g/mol. The molecule has 0 aromatic heterocycles. The lowest BCUT2D eigenvalue weighted by Gasteiger charge is -2.33. The predicted octanol–water partition coefficient (Wildman–Crippen LogP) is 1.70. The highest BCUT2D eigenvalue weighted by Gasteiger charge is 2.27. The molecule has 1 unspecified atom stereocenters. The molecule has 0 radical (unpaired) electrons. The number of rotatable bonds is 6. The molecule has 1 saturated heterocycles. The van der Waals surface area contributed by atoms with Gasteiger partial charge in [0.05, 0.1) is 6.10 Å². The summed E-state index contributed by atoms with van der Waals surface area (Å²) in [6.45, 7) is 7.63. The Kier molecular flexibility index (Phi) is 6.78. The van der Waals surface area contributed by atoms with Gasteiger partial charge in [0.1, 0.15) is 6.04 Å². The van der Waals surface area contributed by atoms with Crippen LogP contribution in [0.25, 0.3) is 0 Å². The summed E-state index contributed by atoms with van der Waals surface area (Å²) in [5, 5.41) is 11.8. The van der Waals surface area contributed by atoms with Crippen molar-refractivity contribution in [2.75, 3.05) is 19.7 Å². The van der Waals surface area contributed by atoms with Crippen molar-refractivity contribution in [1.29, 1.82) is 0 Å². The van der Waals surface area contributed by atoms with Crippen LogP contribution in [0, 0.1) is 5.92 Å². The number of nitrogens with one attached hydrogen (secondary N) is 1. The summed E-state index contributed by atoms with van der Waals surface area (Å²) < 4.78 is 5.54. The summed E-state index contributed by atoms with van der Waals surface area (Å²) in [5.41, 5.74) is 0. The van der Waals surface area contributed by atoms with Crippen LogP contribution < -0.4 is 5.32 Å². The number of piperidine rings is 1. The molecule has 1 rings (SSSR count). The Bertz CT molecular complexity index is 331. The van der Waals surface area contributed by atoms with Gasteiger partial charge in [-0.1, -0.05) is 13.8 Å². The summed E-state index contributed by atoms with van der Waals surface area (Å²) >= 11 is 0. The van der Waals surface area contributed by atoms with E-state index in [-0.39, 0.29) is 18.1 Å². The van der Waals surface area contributed by atoms with Crippen molar-refractivity contribution in [1.82, 2.24) is 10.2 Å². The van der Waals surface area contributed by atoms with E-state index >= 15 is 0 Å². The maximum absolute atomic E-state index is 12.1. The molecule has 2 amide bonds. The number of carboxylic acids is 1. The Labute approximate surface area is 120 Å². The highest BCUT2D eigenvalue weighted by atomic mass is 16.5. The third-order valence-electron chi connectivity index (χ3n) is 3.37. The zero-order chi connectivity index (χ0) is 15.1. The molecule has 0 aromatic carbocycles. The Morgan fingerprint density at radius 2 is 2.15 bits per heavy atom. The smallest absolute Gasteiger partial charge is 0.326 e. The van der Waals surface area contributed by atoms with Gasteiger partial charge in [0.25, 0.3) is 0 Å². The highest BCUT2D eigenvalue weighted by molar-refractivity contribution is 5.82. The second-order valence-electron chi connectivity index (χ2n) is 5.64. The number of hydrogen-bond acceptors (Lipinski definition) is 3. The van der Waals surface area contributed by atoms with Crippen LogP contribution in [-0.4, -0.2) is 53.8 Å². The van der Waals surface area contributed by atoms with E-state index in [1.165, 1.54) is 0 Å². The SMILES string of the molecule is CCOC1CCCN(C(=O)N[C@H](CC(C)C)C(=O)O)C1. The van der Waals surface area contributed by atoms with Crippen molar-refractivity contribution in [3.8, 4) is 0 Å². The summed E-state index contributed by atoms with van der Waals surface area (Å²) in [6, 6.07) is -1.13. The lowest BCUT2D eigenvalue weighted by atomic mass is 10.0. The average Bonchev–Trinajstić information content (AvgIpc) is 2.38. The van der Waals surface area contributed by atoms with E-state index in [9.17, 15) is 9.59 Å². The summed E-state index contributed by atoms with van der Waals surface area (Å²) in [7, 11) is 0. The first-order valence-electron chi connectivity index (χ1n) is 7.33. The summed E-state index contributed by atoms with van der Waals surface area (Å²) in [6.07, 6.45) is 2.34. The summed E-state index contributed by atoms with van der Waals surface area (Å²) in [4.78, 5) is 25.0. The number of hydrogen-bond donors (Lipinski definition) is 2. The second-order valence-corrected chi connectivity index (χ2v) is 5.64. The Morgan fingerprint density at radius 1 is 1.45 bits per heavy atom. The van der Waals surface area contributed by atoms with Gasteiger partial charge < -0.3 is 20.1 Å². The molecule has 1 fully saturated rings. The maximum atomic E-state index is 12.1. The van der Waals surface area contributed by atoms with Crippen LogP contribution in [0.4, 0.5) is 4.79 Å². The van der Waals surface area contributed by atoms with Crippen molar-refractivity contribution < 1.29 is 19.4 Å². The molecule has 6 nitrogen and oxygen atoms in total. The first-order valence-corrected chi connectivity index (χ1v) is 7.33. The molecule has 20 heavy (non-hydrogen) atoms. The number of urea groups is 1. The zero-order valence-electron chi connectivity index (χ0n) is 12.6. The molecule has 2 atom stereocenters. The van der Waals surface area contributed by atoms with Crippen LogP contribution in [-0.2, 0) is 9.53 Å². The molecule has 1 heterocycles. The molecule has 6 heteroatoms. The molecule has 2 N–H and O–H groups in total. The molecule has 1 aliphatic rings. The number of likely N-dealkylation sites (tertiary alicyclic amines) is 1. The molecule has 0 aromatic rings. The minimum absolute atomic E-state index is 0.0628. The monoisotopic (exact) mass is 286 g/mol. The van der Waals surface area contributed by atoms with Crippen molar-refractivity contribution >= 4 is 12.0 Å². The third-order valence-corrected chi connectivity index (χ3v) is 3.37. The second kappa shape index (κ2) is 8.09. The molecule has 0 saturated carbocycles. The first-order chi connectivity index (χ1) is 9.43. The molecule has 0 bridgehead atoms. The van der Waals surface area contributed by atoms with E-state index in [4.69, 9.17) is 9.84 Å². The van der Waals surface area contributed by atoms with Gasteiger partial charge >= 0.3 is 12.0 Å². The molecule has 1 aliphatic heterocycles. The van der Waals surface area contributed by atoms with Gasteiger partial charge in [-0.25, -0.2) is 9.59 Å². The quantitative estimate of drug-likeness (QED) is 0.779. The zero-order valence-corrected chi connectivity index (χ0v) is 12.6. The molecule has 0 aliphatic carbocycles. The molecule has 0 spiro atoms. The lowest BCUT2D eigenvalue weighted by molar-refractivity contribution is -0.139. The van der Waals surface area contributed by atoms with Gasteiger partial charge in [-0.3, -0.25) is 0 Å². The number of carbonyl (C=O) groups is 2. The first kappa shape index (κ1) is 16.8. The fourth-order valence-electron chi connectivity index (χ4n) is 2.43. The predicted molar refractivity (Wildman–Crippen MR) is 75.6 cm³/mol. The van der Waals surface area contributed by atoms with Crippen molar-refractivity contribution in [3.63, 3.8) is 0 Å². The Balaban J connectivity index is 2.53. The fraction of sp³-hybridized carbons (Fsp3) is 0.857. The third kappa shape index (κ3) is 5.36.